The van der Waals surface area contributed by atoms with Gasteiger partial charge in [0.25, 0.3) is 0 Å². The average Bonchev–Trinajstić information content (AvgIpc) is 2.14. The zero-order valence-corrected chi connectivity index (χ0v) is 9.49. The SMILES string of the molecule is [CH2][C@@H](F)CNC(=O)OC(C)OC(=O)CCC. The number of hydrogen-bond acceptors (Lipinski definition) is 4. The third-order valence-corrected chi connectivity index (χ3v) is 1.49. The van der Waals surface area contributed by atoms with Crippen LogP contribution in [-0.2, 0) is 14.3 Å². The molecule has 0 saturated heterocycles. The lowest BCUT2D eigenvalue weighted by molar-refractivity contribution is -0.164. The molecule has 0 rings (SSSR count). The van der Waals surface area contributed by atoms with Gasteiger partial charge in [-0.1, -0.05) is 6.92 Å². The summed E-state index contributed by atoms with van der Waals surface area (Å²) in [4.78, 5) is 22.0. The first-order chi connectivity index (χ1) is 7.45. The van der Waals surface area contributed by atoms with Crippen LogP contribution in [0.4, 0.5) is 9.18 Å². The van der Waals surface area contributed by atoms with Crippen LogP contribution in [0.1, 0.15) is 26.7 Å². The van der Waals surface area contributed by atoms with Crippen molar-refractivity contribution in [3.05, 3.63) is 6.92 Å². The molecular weight excluding hydrogens is 217 g/mol. The maximum atomic E-state index is 12.2. The van der Waals surface area contributed by atoms with Gasteiger partial charge in [0.2, 0.25) is 6.29 Å². The van der Waals surface area contributed by atoms with Gasteiger partial charge in [0.05, 0.1) is 6.54 Å². The largest absolute Gasteiger partial charge is 0.425 e. The Morgan fingerprint density at radius 3 is 2.56 bits per heavy atom. The number of amides is 1. The van der Waals surface area contributed by atoms with Gasteiger partial charge in [0, 0.05) is 13.3 Å². The standard InChI is InChI=1S/C10H17FNO4/c1-4-5-9(13)15-8(3)16-10(14)12-6-7(2)11/h7-8H,2,4-6H2,1,3H3,(H,12,14)/t7-,8?/m1/s1. The molecule has 0 bridgehead atoms. The average molecular weight is 234 g/mol. The van der Waals surface area contributed by atoms with E-state index in [9.17, 15) is 14.0 Å². The van der Waals surface area contributed by atoms with Crippen LogP contribution in [0.15, 0.2) is 0 Å². The van der Waals surface area contributed by atoms with Gasteiger partial charge in [-0.3, -0.25) is 4.79 Å². The summed E-state index contributed by atoms with van der Waals surface area (Å²) in [5.41, 5.74) is 0. The van der Waals surface area contributed by atoms with Crippen molar-refractivity contribution >= 4 is 12.1 Å². The summed E-state index contributed by atoms with van der Waals surface area (Å²) in [6, 6.07) is 0. The van der Waals surface area contributed by atoms with Crippen molar-refractivity contribution < 1.29 is 23.5 Å². The van der Waals surface area contributed by atoms with Crippen molar-refractivity contribution in [2.75, 3.05) is 6.54 Å². The van der Waals surface area contributed by atoms with E-state index in [4.69, 9.17) is 4.74 Å². The van der Waals surface area contributed by atoms with E-state index in [1.807, 2.05) is 6.92 Å². The van der Waals surface area contributed by atoms with Gasteiger partial charge in [0.15, 0.2) is 0 Å². The quantitative estimate of drug-likeness (QED) is 0.559. The number of halogens is 1. The van der Waals surface area contributed by atoms with Gasteiger partial charge in [-0.15, -0.1) is 0 Å². The molecule has 0 aliphatic rings. The second kappa shape index (κ2) is 7.90. The van der Waals surface area contributed by atoms with Crippen molar-refractivity contribution in [2.45, 2.75) is 39.2 Å². The molecule has 1 N–H and O–H groups in total. The van der Waals surface area contributed by atoms with Crippen molar-refractivity contribution in [3.8, 4) is 0 Å². The smallest absolute Gasteiger partial charge is 0.410 e. The molecular formula is C10H17FNO4. The van der Waals surface area contributed by atoms with Crippen molar-refractivity contribution in [3.63, 3.8) is 0 Å². The number of rotatable bonds is 6. The number of ether oxygens (including phenoxy) is 2. The van der Waals surface area contributed by atoms with E-state index < -0.39 is 24.5 Å². The van der Waals surface area contributed by atoms with E-state index in [0.717, 1.165) is 0 Å². The van der Waals surface area contributed by atoms with Crippen LogP contribution in [0, 0.1) is 6.92 Å². The van der Waals surface area contributed by atoms with Crippen molar-refractivity contribution in [1.82, 2.24) is 5.32 Å². The zero-order valence-electron chi connectivity index (χ0n) is 9.49. The van der Waals surface area contributed by atoms with Gasteiger partial charge in [-0.25, -0.2) is 9.18 Å². The number of carbonyl (C=O) groups excluding carboxylic acids is 2. The highest BCUT2D eigenvalue weighted by atomic mass is 19.1. The van der Waals surface area contributed by atoms with Gasteiger partial charge < -0.3 is 14.8 Å². The number of hydrogen-bond donors (Lipinski definition) is 1. The predicted molar refractivity (Wildman–Crippen MR) is 55.2 cm³/mol. The van der Waals surface area contributed by atoms with E-state index in [0.29, 0.717) is 6.42 Å². The van der Waals surface area contributed by atoms with Crippen LogP contribution in [0.25, 0.3) is 0 Å². The van der Waals surface area contributed by atoms with Crippen molar-refractivity contribution in [1.29, 1.82) is 0 Å². The molecule has 0 saturated carbocycles. The second-order valence-corrected chi connectivity index (χ2v) is 3.19. The zero-order chi connectivity index (χ0) is 12.6. The molecule has 2 atom stereocenters. The minimum atomic E-state index is -1.40. The fraction of sp³-hybridized carbons (Fsp3) is 0.700. The Labute approximate surface area is 94.3 Å². The number of nitrogens with one attached hydrogen (secondary N) is 1. The minimum absolute atomic E-state index is 0.242. The normalized spacial score (nSPS) is 13.8. The molecule has 0 heterocycles. The highest BCUT2D eigenvalue weighted by Crippen LogP contribution is 1.99. The third kappa shape index (κ3) is 8.02. The fourth-order valence-electron chi connectivity index (χ4n) is 0.859. The Balaban J connectivity index is 3.73. The van der Waals surface area contributed by atoms with Crippen LogP contribution in [-0.4, -0.2) is 31.1 Å². The van der Waals surface area contributed by atoms with Gasteiger partial charge in [-0.2, -0.15) is 0 Å². The molecule has 6 heteroatoms. The first-order valence-corrected chi connectivity index (χ1v) is 5.06. The van der Waals surface area contributed by atoms with E-state index in [-0.39, 0.29) is 13.0 Å². The van der Waals surface area contributed by atoms with Crippen LogP contribution in [0.3, 0.4) is 0 Å². The second-order valence-electron chi connectivity index (χ2n) is 3.19. The molecule has 0 fully saturated rings. The van der Waals surface area contributed by atoms with E-state index in [2.05, 4.69) is 17.0 Å². The Hall–Kier alpha value is -1.33. The number of alkyl carbamates (subject to hydrolysis) is 1. The summed E-state index contributed by atoms with van der Waals surface area (Å²) in [6.07, 6.45) is -2.31. The minimum Gasteiger partial charge on any atom is -0.425 e. The molecule has 1 amide bonds. The molecule has 0 aromatic heterocycles. The number of alkyl halides is 1. The highest BCUT2D eigenvalue weighted by molar-refractivity contribution is 5.70. The highest BCUT2D eigenvalue weighted by Gasteiger charge is 2.13. The fourth-order valence-corrected chi connectivity index (χ4v) is 0.859. The Morgan fingerprint density at radius 1 is 1.44 bits per heavy atom. The summed E-state index contributed by atoms with van der Waals surface area (Å²) in [7, 11) is 0. The lowest BCUT2D eigenvalue weighted by Crippen LogP contribution is -2.33. The topological polar surface area (TPSA) is 64.6 Å². The Bertz CT molecular complexity index is 233. The summed E-state index contributed by atoms with van der Waals surface area (Å²) < 4.78 is 21.6. The third-order valence-electron chi connectivity index (χ3n) is 1.49. The molecule has 5 nitrogen and oxygen atoms in total. The molecule has 0 aliphatic heterocycles. The van der Waals surface area contributed by atoms with Crippen LogP contribution >= 0.6 is 0 Å². The van der Waals surface area contributed by atoms with Gasteiger partial charge >= 0.3 is 12.1 Å². The van der Waals surface area contributed by atoms with E-state index >= 15 is 0 Å². The lowest BCUT2D eigenvalue weighted by Gasteiger charge is -2.14. The van der Waals surface area contributed by atoms with Crippen LogP contribution < -0.4 is 5.32 Å². The molecule has 1 radical (unpaired) electrons. The van der Waals surface area contributed by atoms with E-state index in [1.54, 1.807) is 0 Å². The Kier molecular flexibility index (Phi) is 7.24. The summed E-state index contributed by atoms with van der Waals surface area (Å²) >= 11 is 0. The number of carbonyl (C=O) groups is 2. The Morgan fingerprint density at radius 2 is 2.06 bits per heavy atom. The molecule has 1 unspecified atom stereocenters. The monoisotopic (exact) mass is 234 g/mol. The molecule has 0 aliphatic carbocycles. The maximum Gasteiger partial charge on any atom is 0.410 e. The van der Waals surface area contributed by atoms with Crippen LogP contribution in [0.5, 0.6) is 0 Å². The first kappa shape index (κ1) is 14.7. The summed E-state index contributed by atoms with van der Waals surface area (Å²) in [5.74, 6) is -0.441. The predicted octanol–water partition coefficient (Wildman–Crippen LogP) is 1.57. The van der Waals surface area contributed by atoms with Crippen molar-refractivity contribution in [2.24, 2.45) is 0 Å². The molecule has 0 spiro atoms. The van der Waals surface area contributed by atoms with Gasteiger partial charge in [-0.05, 0) is 13.3 Å². The van der Waals surface area contributed by atoms with Crippen LogP contribution in [0.2, 0.25) is 0 Å². The van der Waals surface area contributed by atoms with Gasteiger partial charge in [0.1, 0.15) is 6.17 Å². The molecule has 0 aromatic rings. The molecule has 0 aromatic carbocycles. The molecule has 16 heavy (non-hydrogen) atoms. The lowest BCUT2D eigenvalue weighted by atomic mass is 10.3. The summed E-state index contributed by atoms with van der Waals surface area (Å²) in [6.45, 7) is 6.03. The first-order valence-electron chi connectivity index (χ1n) is 5.06. The summed E-state index contributed by atoms with van der Waals surface area (Å²) in [5, 5.41) is 2.13. The molecule has 93 valence electrons. The maximum absolute atomic E-state index is 12.2. The number of esters is 1. The van der Waals surface area contributed by atoms with E-state index in [1.165, 1.54) is 6.92 Å².